The highest BCUT2D eigenvalue weighted by atomic mass is 16.2. The Morgan fingerprint density at radius 1 is 1.47 bits per heavy atom. The zero-order valence-corrected chi connectivity index (χ0v) is 10.3. The SMILES string of the molecule is C=C(C)CN(CC)C(=O)C(N)CCCC. The second-order valence-corrected chi connectivity index (χ2v) is 4.06. The third-order valence-corrected chi connectivity index (χ3v) is 2.34. The minimum absolute atomic E-state index is 0.0500. The summed E-state index contributed by atoms with van der Waals surface area (Å²) in [5.74, 6) is 0.0500. The number of amides is 1. The molecule has 0 aromatic carbocycles. The maximum Gasteiger partial charge on any atom is 0.239 e. The van der Waals surface area contributed by atoms with E-state index in [-0.39, 0.29) is 11.9 Å². The van der Waals surface area contributed by atoms with Crippen molar-refractivity contribution in [3.05, 3.63) is 12.2 Å². The van der Waals surface area contributed by atoms with Crippen LogP contribution in [0.4, 0.5) is 0 Å². The van der Waals surface area contributed by atoms with Crippen LogP contribution >= 0.6 is 0 Å². The lowest BCUT2D eigenvalue weighted by Gasteiger charge is -2.24. The van der Waals surface area contributed by atoms with Gasteiger partial charge in [-0.1, -0.05) is 31.9 Å². The van der Waals surface area contributed by atoms with Crippen LogP contribution in [0.1, 0.15) is 40.0 Å². The van der Waals surface area contributed by atoms with E-state index in [4.69, 9.17) is 5.73 Å². The maximum absolute atomic E-state index is 11.9. The number of nitrogens with two attached hydrogens (primary N) is 1. The highest BCUT2D eigenvalue weighted by Gasteiger charge is 2.18. The molecule has 0 heterocycles. The summed E-state index contributed by atoms with van der Waals surface area (Å²) in [6.07, 6.45) is 2.87. The summed E-state index contributed by atoms with van der Waals surface area (Å²) < 4.78 is 0. The number of hydrogen-bond acceptors (Lipinski definition) is 2. The Labute approximate surface area is 93.3 Å². The molecule has 1 atom stereocenters. The fourth-order valence-corrected chi connectivity index (χ4v) is 1.45. The average Bonchev–Trinajstić information content (AvgIpc) is 2.21. The third-order valence-electron chi connectivity index (χ3n) is 2.34. The Morgan fingerprint density at radius 3 is 2.47 bits per heavy atom. The molecule has 0 aliphatic rings. The molecule has 0 aliphatic carbocycles. The Balaban J connectivity index is 4.17. The van der Waals surface area contributed by atoms with E-state index in [1.807, 2.05) is 13.8 Å². The van der Waals surface area contributed by atoms with E-state index in [0.29, 0.717) is 13.1 Å². The van der Waals surface area contributed by atoms with Crippen molar-refractivity contribution in [2.24, 2.45) is 5.73 Å². The summed E-state index contributed by atoms with van der Waals surface area (Å²) in [7, 11) is 0. The van der Waals surface area contributed by atoms with E-state index in [0.717, 1.165) is 24.8 Å². The van der Waals surface area contributed by atoms with Crippen molar-refractivity contribution in [2.45, 2.75) is 46.1 Å². The molecule has 0 rings (SSSR count). The van der Waals surface area contributed by atoms with Crippen LogP contribution in [0.25, 0.3) is 0 Å². The minimum Gasteiger partial charge on any atom is -0.338 e. The van der Waals surface area contributed by atoms with Gasteiger partial charge in [0.05, 0.1) is 6.04 Å². The van der Waals surface area contributed by atoms with E-state index < -0.39 is 0 Å². The molecule has 0 bridgehead atoms. The van der Waals surface area contributed by atoms with Crippen molar-refractivity contribution in [3.8, 4) is 0 Å². The predicted octanol–water partition coefficient (Wildman–Crippen LogP) is 1.93. The molecule has 3 heteroatoms. The van der Waals surface area contributed by atoms with E-state index >= 15 is 0 Å². The van der Waals surface area contributed by atoms with Crippen LogP contribution in [0, 0.1) is 0 Å². The van der Waals surface area contributed by atoms with Crippen molar-refractivity contribution in [1.82, 2.24) is 4.90 Å². The second-order valence-electron chi connectivity index (χ2n) is 4.06. The molecule has 0 fully saturated rings. The van der Waals surface area contributed by atoms with Gasteiger partial charge in [0.1, 0.15) is 0 Å². The standard InChI is InChI=1S/C12H24N2O/c1-5-7-8-11(13)12(15)14(6-2)9-10(3)4/h11H,3,5-9,13H2,1-2,4H3. The number of carbonyl (C=O) groups is 1. The Hall–Kier alpha value is -0.830. The summed E-state index contributed by atoms with van der Waals surface area (Å²) in [6.45, 7) is 11.1. The smallest absolute Gasteiger partial charge is 0.239 e. The molecule has 0 aliphatic heterocycles. The first-order valence-corrected chi connectivity index (χ1v) is 5.71. The first kappa shape index (κ1) is 14.2. The minimum atomic E-state index is -0.343. The van der Waals surface area contributed by atoms with Crippen LogP contribution in [0.3, 0.4) is 0 Å². The van der Waals surface area contributed by atoms with Crippen LogP contribution in [-0.4, -0.2) is 29.9 Å². The van der Waals surface area contributed by atoms with Gasteiger partial charge in [0.15, 0.2) is 0 Å². The fraction of sp³-hybridized carbons (Fsp3) is 0.750. The van der Waals surface area contributed by atoms with Gasteiger partial charge in [0, 0.05) is 13.1 Å². The van der Waals surface area contributed by atoms with Gasteiger partial charge < -0.3 is 10.6 Å². The van der Waals surface area contributed by atoms with Crippen molar-refractivity contribution in [2.75, 3.05) is 13.1 Å². The second kappa shape index (κ2) is 7.46. The zero-order chi connectivity index (χ0) is 11.8. The van der Waals surface area contributed by atoms with Crippen molar-refractivity contribution in [1.29, 1.82) is 0 Å². The largest absolute Gasteiger partial charge is 0.338 e. The molecule has 0 saturated carbocycles. The Morgan fingerprint density at radius 2 is 2.07 bits per heavy atom. The third kappa shape index (κ3) is 5.57. The quantitative estimate of drug-likeness (QED) is 0.655. The van der Waals surface area contributed by atoms with Gasteiger partial charge in [-0.3, -0.25) is 4.79 Å². The van der Waals surface area contributed by atoms with Crippen molar-refractivity contribution in [3.63, 3.8) is 0 Å². The van der Waals surface area contributed by atoms with Crippen LogP contribution < -0.4 is 5.73 Å². The molecule has 2 N–H and O–H groups in total. The molecule has 1 amide bonds. The molecule has 0 saturated heterocycles. The molecule has 0 aromatic rings. The molecule has 0 aromatic heterocycles. The van der Waals surface area contributed by atoms with E-state index in [1.165, 1.54) is 0 Å². The molecule has 88 valence electrons. The summed E-state index contributed by atoms with van der Waals surface area (Å²) in [5, 5.41) is 0. The maximum atomic E-state index is 11.9. The molecule has 0 radical (unpaired) electrons. The predicted molar refractivity (Wildman–Crippen MR) is 64.6 cm³/mol. The fourth-order valence-electron chi connectivity index (χ4n) is 1.45. The zero-order valence-electron chi connectivity index (χ0n) is 10.3. The van der Waals surface area contributed by atoms with E-state index in [9.17, 15) is 4.79 Å². The Kier molecular flexibility index (Phi) is 7.05. The monoisotopic (exact) mass is 212 g/mol. The lowest BCUT2D eigenvalue weighted by atomic mass is 10.1. The molecule has 0 spiro atoms. The number of likely N-dealkylation sites (N-methyl/N-ethyl adjacent to an activating group) is 1. The van der Waals surface area contributed by atoms with E-state index in [1.54, 1.807) is 4.90 Å². The van der Waals surface area contributed by atoms with Gasteiger partial charge in [-0.15, -0.1) is 0 Å². The highest BCUT2D eigenvalue weighted by Crippen LogP contribution is 2.04. The lowest BCUT2D eigenvalue weighted by molar-refractivity contribution is -0.132. The number of unbranched alkanes of at least 4 members (excludes halogenated alkanes) is 1. The van der Waals surface area contributed by atoms with Crippen LogP contribution in [0.15, 0.2) is 12.2 Å². The summed E-state index contributed by atoms with van der Waals surface area (Å²) in [5.41, 5.74) is 6.83. The highest BCUT2D eigenvalue weighted by molar-refractivity contribution is 5.81. The number of carbonyl (C=O) groups excluding carboxylic acids is 1. The first-order chi connectivity index (χ1) is 7.02. The summed E-state index contributed by atoms with van der Waals surface area (Å²) in [6, 6.07) is -0.343. The van der Waals surface area contributed by atoms with E-state index in [2.05, 4.69) is 13.5 Å². The van der Waals surface area contributed by atoms with Crippen molar-refractivity contribution >= 4 is 5.91 Å². The molecule has 3 nitrogen and oxygen atoms in total. The van der Waals surface area contributed by atoms with Gasteiger partial charge in [0.2, 0.25) is 5.91 Å². The van der Waals surface area contributed by atoms with Gasteiger partial charge in [-0.05, 0) is 20.3 Å². The molecular weight excluding hydrogens is 188 g/mol. The van der Waals surface area contributed by atoms with Gasteiger partial charge >= 0.3 is 0 Å². The number of nitrogens with zero attached hydrogens (tertiary/aromatic N) is 1. The summed E-state index contributed by atoms with van der Waals surface area (Å²) >= 11 is 0. The Bertz CT molecular complexity index is 214. The lowest BCUT2D eigenvalue weighted by Crippen LogP contribution is -2.44. The summed E-state index contributed by atoms with van der Waals surface area (Å²) in [4.78, 5) is 13.6. The first-order valence-electron chi connectivity index (χ1n) is 5.71. The molecular formula is C12H24N2O. The topological polar surface area (TPSA) is 46.3 Å². The van der Waals surface area contributed by atoms with Crippen molar-refractivity contribution < 1.29 is 4.79 Å². The van der Waals surface area contributed by atoms with Gasteiger partial charge in [-0.25, -0.2) is 0 Å². The number of hydrogen-bond donors (Lipinski definition) is 1. The molecule has 1 unspecified atom stereocenters. The van der Waals surface area contributed by atoms with Crippen LogP contribution in [0.5, 0.6) is 0 Å². The van der Waals surface area contributed by atoms with Gasteiger partial charge in [-0.2, -0.15) is 0 Å². The van der Waals surface area contributed by atoms with Crippen LogP contribution in [0.2, 0.25) is 0 Å². The average molecular weight is 212 g/mol. The number of rotatable bonds is 7. The normalized spacial score (nSPS) is 12.3. The van der Waals surface area contributed by atoms with Gasteiger partial charge in [0.25, 0.3) is 0 Å². The van der Waals surface area contributed by atoms with Crippen LogP contribution in [-0.2, 0) is 4.79 Å². The molecule has 15 heavy (non-hydrogen) atoms.